The Morgan fingerprint density at radius 3 is 2.57 bits per heavy atom. The van der Waals surface area contributed by atoms with E-state index in [1.807, 2.05) is 13.0 Å². The van der Waals surface area contributed by atoms with E-state index in [1.165, 1.54) is 6.07 Å². The minimum absolute atomic E-state index is 0. The molecule has 0 saturated carbocycles. The van der Waals surface area contributed by atoms with Crippen LogP contribution in [0.2, 0.25) is 0 Å². The van der Waals surface area contributed by atoms with Gasteiger partial charge in [0.25, 0.3) is 0 Å². The van der Waals surface area contributed by atoms with Crippen molar-refractivity contribution in [3.8, 4) is 0 Å². The van der Waals surface area contributed by atoms with Gasteiger partial charge in [0.05, 0.1) is 6.04 Å². The molecule has 1 aromatic carbocycles. The average molecular weight is 317 g/mol. The van der Waals surface area contributed by atoms with Gasteiger partial charge in [0.15, 0.2) is 0 Å². The molecule has 0 aliphatic heterocycles. The summed E-state index contributed by atoms with van der Waals surface area (Å²) in [5, 5.41) is 2.90. The van der Waals surface area contributed by atoms with Crippen LogP contribution in [0.5, 0.6) is 0 Å². The lowest BCUT2D eigenvalue weighted by molar-refractivity contribution is -0.121. The molecule has 3 N–H and O–H groups in total. The number of unbranched alkanes of at least 4 members (excludes halogenated alkanes) is 3. The van der Waals surface area contributed by atoms with Gasteiger partial charge in [0, 0.05) is 6.42 Å². The molecule has 3 nitrogen and oxygen atoms in total. The number of aryl methyl sites for hydroxylation is 1. The van der Waals surface area contributed by atoms with E-state index in [1.54, 1.807) is 13.0 Å². The number of benzene rings is 1. The van der Waals surface area contributed by atoms with Crippen molar-refractivity contribution in [1.82, 2.24) is 5.32 Å². The molecular formula is C16H26ClFN2O. The Balaban J connectivity index is 0.00000400. The van der Waals surface area contributed by atoms with Crippen LogP contribution in [0.3, 0.4) is 0 Å². The highest BCUT2D eigenvalue weighted by Gasteiger charge is 2.10. The number of amides is 1. The first-order valence-electron chi connectivity index (χ1n) is 7.30. The zero-order chi connectivity index (χ0) is 15.0. The largest absolute Gasteiger partial charge is 0.350 e. The van der Waals surface area contributed by atoms with Crippen molar-refractivity contribution in [2.24, 2.45) is 5.73 Å². The zero-order valence-corrected chi connectivity index (χ0v) is 13.6. The van der Waals surface area contributed by atoms with Crippen LogP contribution in [0, 0.1) is 12.7 Å². The Morgan fingerprint density at radius 1 is 1.29 bits per heavy atom. The summed E-state index contributed by atoms with van der Waals surface area (Å²) in [7, 11) is 0. The van der Waals surface area contributed by atoms with E-state index >= 15 is 0 Å². The smallest absolute Gasteiger partial charge is 0.220 e. The number of halogens is 2. The topological polar surface area (TPSA) is 55.1 Å². The van der Waals surface area contributed by atoms with E-state index in [9.17, 15) is 9.18 Å². The second-order valence-corrected chi connectivity index (χ2v) is 5.25. The standard InChI is InChI=1S/C16H25FN2O.ClH/c1-12-8-9-14(11-15(12)17)13(2)19-16(20)7-5-3-4-6-10-18;/h8-9,11,13H,3-7,10,18H2,1-2H3,(H,19,20);1H. The molecule has 1 aromatic rings. The molecule has 21 heavy (non-hydrogen) atoms. The van der Waals surface area contributed by atoms with Crippen LogP contribution < -0.4 is 11.1 Å². The third kappa shape index (κ3) is 7.44. The van der Waals surface area contributed by atoms with Crippen LogP contribution in [0.4, 0.5) is 4.39 Å². The minimum Gasteiger partial charge on any atom is -0.350 e. The van der Waals surface area contributed by atoms with Gasteiger partial charge in [-0.2, -0.15) is 0 Å². The van der Waals surface area contributed by atoms with Gasteiger partial charge < -0.3 is 11.1 Å². The maximum Gasteiger partial charge on any atom is 0.220 e. The van der Waals surface area contributed by atoms with Crippen molar-refractivity contribution in [2.75, 3.05) is 6.54 Å². The Bertz CT molecular complexity index is 440. The van der Waals surface area contributed by atoms with Gasteiger partial charge in [-0.25, -0.2) is 4.39 Å². The first-order chi connectivity index (χ1) is 9.54. The first-order valence-corrected chi connectivity index (χ1v) is 7.30. The summed E-state index contributed by atoms with van der Waals surface area (Å²) in [5.74, 6) is -0.211. The highest BCUT2D eigenvalue weighted by atomic mass is 35.5. The maximum atomic E-state index is 13.5. The molecule has 1 amide bonds. The summed E-state index contributed by atoms with van der Waals surface area (Å²) in [6.45, 7) is 4.31. The summed E-state index contributed by atoms with van der Waals surface area (Å²) >= 11 is 0. The van der Waals surface area contributed by atoms with Crippen molar-refractivity contribution in [3.05, 3.63) is 35.1 Å². The fraction of sp³-hybridized carbons (Fsp3) is 0.562. The lowest BCUT2D eigenvalue weighted by Gasteiger charge is -2.15. The lowest BCUT2D eigenvalue weighted by atomic mass is 10.1. The molecule has 0 bridgehead atoms. The molecule has 0 heterocycles. The fourth-order valence-electron chi connectivity index (χ4n) is 2.06. The monoisotopic (exact) mass is 316 g/mol. The predicted octanol–water partition coefficient (Wildman–Crippen LogP) is 3.64. The average Bonchev–Trinajstić information content (AvgIpc) is 2.41. The van der Waals surface area contributed by atoms with E-state index in [-0.39, 0.29) is 30.2 Å². The Kier molecular flexibility index (Phi) is 10.0. The second-order valence-electron chi connectivity index (χ2n) is 5.25. The number of rotatable bonds is 8. The number of hydrogen-bond donors (Lipinski definition) is 2. The summed E-state index contributed by atoms with van der Waals surface area (Å²) < 4.78 is 13.5. The van der Waals surface area contributed by atoms with E-state index in [0.717, 1.165) is 31.2 Å². The van der Waals surface area contributed by atoms with Crippen molar-refractivity contribution in [1.29, 1.82) is 0 Å². The number of nitrogens with one attached hydrogen (secondary N) is 1. The fourth-order valence-corrected chi connectivity index (χ4v) is 2.06. The SMILES string of the molecule is Cc1ccc(C(C)NC(=O)CCCCCCN)cc1F.Cl. The molecule has 0 spiro atoms. The second kappa shape index (κ2) is 10.6. The third-order valence-electron chi connectivity index (χ3n) is 3.43. The molecule has 120 valence electrons. The van der Waals surface area contributed by atoms with Crippen LogP contribution >= 0.6 is 12.4 Å². The Hall–Kier alpha value is -1.13. The maximum absolute atomic E-state index is 13.5. The molecule has 0 saturated heterocycles. The molecule has 0 radical (unpaired) electrons. The number of carbonyl (C=O) groups excluding carboxylic acids is 1. The van der Waals surface area contributed by atoms with Crippen molar-refractivity contribution < 1.29 is 9.18 Å². The van der Waals surface area contributed by atoms with E-state index in [2.05, 4.69) is 5.32 Å². The molecule has 5 heteroatoms. The van der Waals surface area contributed by atoms with Crippen LogP contribution in [0.1, 0.15) is 56.2 Å². The van der Waals surface area contributed by atoms with E-state index in [4.69, 9.17) is 5.73 Å². The number of nitrogens with two attached hydrogens (primary N) is 1. The lowest BCUT2D eigenvalue weighted by Crippen LogP contribution is -2.26. The van der Waals surface area contributed by atoms with Crippen molar-refractivity contribution >= 4 is 18.3 Å². The first kappa shape index (κ1) is 19.9. The summed E-state index contributed by atoms with van der Waals surface area (Å²) in [4.78, 5) is 11.8. The van der Waals surface area contributed by atoms with Crippen LogP contribution in [-0.2, 0) is 4.79 Å². The van der Waals surface area contributed by atoms with Crippen LogP contribution in [0.25, 0.3) is 0 Å². The molecule has 1 unspecified atom stereocenters. The van der Waals surface area contributed by atoms with Gasteiger partial charge in [-0.05, 0) is 50.4 Å². The third-order valence-corrected chi connectivity index (χ3v) is 3.43. The quantitative estimate of drug-likeness (QED) is 0.719. The normalized spacial score (nSPS) is 11.6. The minimum atomic E-state index is -0.231. The molecule has 0 fully saturated rings. The Morgan fingerprint density at radius 2 is 1.95 bits per heavy atom. The van der Waals surface area contributed by atoms with Gasteiger partial charge in [-0.15, -0.1) is 12.4 Å². The molecule has 0 aromatic heterocycles. The summed E-state index contributed by atoms with van der Waals surface area (Å²) in [5.41, 5.74) is 6.83. The summed E-state index contributed by atoms with van der Waals surface area (Å²) in [6.07, 6.45) is 4.51. The van der Waals surface area contributed by atoms with Crippen molar-refractivity contribution in [3.63, 3.8) is 0 Å². The number of hydrogen-bond acceptors (Lipinski definition) is 2. The number of carbonyl (C=O) groups is 1. The molecular weight excluding hydrogens is 291 g/mol. The van der Waals surface area contributed by atoms with Gasteiger partial charge in [0.1, 0.15) is 5.82 Å². The summed E-state index contributed by atoms with van der Waals surface area (Å²) in [6, 6.07) is 4.91. The Labute approximate surface area is 132 Å². The van der Waals surface area contributed by atoms with E-state index in [0.29, 0.717) is 18.5 Å². The van der Waals surface area contributed by atoms with Gasteiger partial charge in [0.2, 0.25) is 5.91 Å². The van der Waals surface area contributed by atoms with Crippen LogP contribution in [-0.4, -0.2) is 12.5 Å². The highest BCUT2D eigenvalue weighted by molar-refractivity contribution is 5.85. The molecule has 1 atom stereocenters. The van der Waals surface area contributed by atoms with Gasteiger partial charge >= 0.3 is 0 Å². The molecule has 1 rings (SSSR count). The molecule has 0 aliphatic carbocycles. The highest BCUT2D eigenvalue weighted by Crippen LogP contribution is 2.16. The van der Waals surface area contributed by atoms with Gasteiger partial charge in [-0.1, -0.05) is 25.0 Å². The van der Waals surface area contributed by atoms with Crippen LogP contribution in [0.15, 0.2) is 18.2 Å². The molecule has 0 aliphatic rings. The van der Waals surface area contributed by atoms with Gasteiger partial charge in [-0.3, -0.25) is 4.79 Å². The zero-order valence-electron chi connectivity index (χ0n) is 12.8. The van der Waals surface area contributed by atoms with Crippen molar-refractivity contribution in [2.45, 2.75) is 52.0 Å². The predicted molar refractivity (Wildman–Crippen MR) is 87.1 cm³/mol. The van der Waals surface area contributed by atoms with E-state index < -0.39 is 0 Å².